The molecule has 0 aliphatic carbocycles. The van der Waals surface area contributed by atoms with Crippen LogP contribution in [-0.4, -0.2) is 35.6 Å². The first kappa shape index (κ1) is 23.6. The highest BCUT2D eigenvalue weighted by Gasteiger charge is 2.40. The molecule has 3 aromatic carbocycles. The van der Waals surface area contributed by atoms with E-state index < -0.39 is 5.60 Å². The molecule has 0 aliphatic rings. The van der Waals surface area contributed by atoms with Gasteiger partial charge in [0, 0.05) is 28.0 Å². The maximum absolute atomic E-state index is 14.3. The largest absolute Gasteiger partial charge is 0.384 e. The van der Waals surface area contributed by atoms with Crippen molar-refractivity contribution in [3.8, 4) is 0 Å². The van der Waals surface area contributed by atoms with Crippen LogP contribution in [0.1, 0.15) is 29.2 Å². The molecule has 1 heterocycles. The zero-order valence-corrected chi connectivity index (χ0v) is 20.5. The summed E-state index contributed by atoms with van der Waals surface area (Å²) >= 11 is 3.52. The van der Waals surface area contributed by atoms with Gasteiger partial charge in [0.25, 0.3) is 0 Å². The molecule has 5 heteroatoms. The molecule has 2 atom stereocenters. The van der Waals surface area contributed by atoms with Crippen molar-refractivity contribution >= 4 is 26.8 Å². The van der Waals surface area contributed by atoms with Gasteiger partial charge in [0.1, 0.15) is 5.82 Å². The van der Waals surface area contributed by atoms with Crippen LogP contribution >= 0.6 is 15.9 Å². The predicted molar refractivity (Wildman–Crippen MR) is 136 cm³/mol. The summed E-state index contributed by atoms with van der Waals surface area (Å²) < 4.78 is 15.3. The minimum absolute atomic E-state index is 0.356. The second kappa shape index (κ2) is 10.1. The fourth-order valence-corrected chi connectivity index (χ4v) is 4.72. The molecule has 0 spiro atoms. The van der Waals surface area contributed by atoms with Gasteiger partial charge in [-0.05, 0) is 74.5 Å². The molecule has 3 nitrogen and oxygen atoms in total. The monoisotopic (exact) mass is 506 g/mol. The zero-order chi connectivity index (χ0) is 23.4. The number of fused-ring (bicyclic) bond motifs is 1. The third kappa shape index (κ3) is 5.49. The van der Waals surface area contributed by atoms with E-state index in [0.29, 0.717) is 24.9 Å². The van der Waals surface area contributed by atoms with Crippen molar-refractivity contribution in [2.75, 3.05) is 20.6 Å². The number of benzene rings is 3. The maximum Gasteiger partial charge on any atom is 0.123 e. The smallest absolute Gasteiger partial charge is 0.123 e. The minimum atomic E-state index is -1.31. The Hall–Kier alpha value is -2.60. The predicted octanol–water partition coefficient (Wildman–Crippen LogP) is 6.30. The molecule has 1 unspecified atom stereocenters. The lowest BCUT2D eigenvalue weighted by Crippen LogP contribution is -2.38. The Balaban J connectivity index is 1.87. The van der Waals surface area contributed by atoms with E-state index in [4.69, 9.17) is 4.98 Å². The third-order valence-corrected chi connectivity index (χ3v) is 6.65. The molecule has 1 aromatic heterocycles. The van der Waals surface area contributed by atoms with Crippen molar-refractivity contribution in [1.29, 1.82) is 0 Å². The fourth-order valence-electron chi connectivity index (χ4n) is 4.35. The van der Waals surface area contributed by atoms with Gasteiger partial charge in [0.05, 0.1) is 11.1 Å². The van der Waals surface area contributed by atoms with Gasteiger partial charge in [0.15, 0.2) is 0 Å². The van der Waals surface area contributed by atoms with Crippen LogP contribution < -0.4 is 0 Å². The van der Waals surface area contributed by atoms with E-state index in [1.165, 1.54) is 12.1 Å². The van der Waals surface area contributed by atoms with E-state index in [1.807, 2.05) is 73.6 Å². The molecule has 170 valence electrons. The van der Waals surface area contributed by atoms with E-state index in [0.717, 1.165) is 26.6 Å². The van der Waals surface area contributed by atoms with Crippen molar-refractivity contribution in [2.45, 2.75) is 24.4 Å². The fraction of sp³-hybridized carbons (Fsp3) is 0.250. The van der Waals surface area contributed by atoms with Gasteiger partial charge in [-0.15, -0.1) is 0 Å². The van der Waals surface area contributed by atoms with Gasteiger partial charge in [-0.2, -0.15) is 0 Å². The number of hydrogen-bond acceptors (Lipinski definition) is 3. The van der Waals surface area contributed by atoms with Gasteiger partial charge in [-0.25, -0.2) is 4.39 Å². The lowest BCUT2D eigenvalue weighted by Gasteiger charge is -2.38. The third-order valence-electron chi connectivity index (χ3n) is 6.15. The van der Waals surface area contributed by atoms with Crippen LogP contribution in [0.3, 0.4) is 0 Å². The molecule has 0 amide bonds. The molecule has 4 rings (SSSR count). The topological polar surface area (TPSA) is 36.4 Å². The van der Waals surface area contributed by atoms with E-state index in [1.54, 1.807) is 6.07 Å². The molecule has 0 saturated heterocycles. The van der Waals surface area contributed by atoms with Gasteiger partial charge in [-0.3, -0.25) is 4.98 Å². The summed E-state index contributed by atoms with van der Waals surface area (Å²) in [5.41, 5.74) is 2.02. The summed E-state index contributed by atoms with van der Waals surface area (Å²) in [7, 11) is 3.95. The van der Waals surface area contributed by atoms with E-state index in [2.05, 4.69) is 28.1 Å². The molecule has 0 radical (unpaired) electrons. The Bertz CT molecular complexity index is 1230. The zero-order valence-electron chi connectivity index (χ0n) is 18.9. The van der Waals surface area contributed by atoms with Crippen LogP contribution in [0.4, 0.5) is 4.39 Å². The van der Waals surface area contributed by atoms with Crippen molar-refractivity contribution in [3.05, 3.63) is 112 Å². The Labute approximate surface area is 203 Å². The van der Waals surface area contributed by atoms with Crippen LogP contribution in [0.25, 0.3) is 10.9 Å². The second-order valence-electron chi connectivity index (χ2n) is 8.80. The Morgan fingerprint density at radius 3 is 2.48 bits per heavy atom. The first-order valence-corrected chi connectivity index (χ1v) is 11.9. The lowest BCUT2D eigenvalue weighted by atomic mass is 9.73. The molecule has 0 bridgehead atoms. The SMILES string of the molecule is CN(C)CC[C@@](O)(c1cccc(F)c1)C(Cc1ccccc1)c1ccc2cc(Br)ccc2n1. The maximum atomic E-state index is 14.3. The number of pyridine rings is 1. The van der Waals surface area contributed by atoms with Crippen LogP contribution in [0.2, 0.25) is 0 Å². The normalized spacial score (nSPS) is 14.4. The average Bonchev–Trinajstić information content (AvgIpc) is 2.81. The van der Waals surface area contributed by atoms with Crippen LogP contribution in [0.15, 0.2) is 89.4 Å². The summed E-state index contributed by atoms with van der Waals surface area (Å²) in [6.45, 7) is 0.652. The Kier molecular flexibility index (Phi) is 7.23. The van der Waals surface area contributed by atoms with Crippen molar-refractivity contribution in [2.24, 2.45) is 0 Å². The van der Waals surface area contributed by atoms with Crippen molar-refractivity contribution < 1.29 is 9.50 Å². The molecule has 0 fully saturated rings. The standard InChI is InChI=1S/C28H28BrFN2O/c1-32(2)16-15-28(33,22-9-6-10-24(30)19-22)25(17-20-7-4-3-5-8-20)27-13-11-21-18-23(29)12-14-26(21)31-27/h3-14,18-19,25,33H,15-17H2,1-2H3/t25?,28-/m1/s1. The summed E-state index contributed by atoms with van der Waals surface area (Å²) in [6.07, 6.45) is 1.03. The number of aromatic nitrogens is 1. The van der Waals surface area contributed by atoms with Gasteiger partial charge in [-0.1, -0.05) is 64.5 Å². The number of rotatable bonds is 8. The molecule has 1 N–H and O–H groups in total. The second-order valence-corrected chi connectivity index (χ2v) is 9.72. The Morgan fingerprint density at radius 2 is 1.76 bits per heavy atom. The molecule has 0 aliphatic heterocycles. The number of aliphatic hydroxyl groups is 1. The van der Waals surface area contributed by atoms with Gasteiger partial charge in [0.2, 0.25) is 0 Å². The highest BCUT2D eigenvalue weighted by molar-refractivity contribution is 9.10. The average molecular weight is 507 g/mol. The van der Waals surface area contributed by atoms with Gasteiger partial charge < -0.3 is 10.0 Å². The quantitative estimate of drug-likeness (QED) is 0.304. The highest BCUT2D eigenvalue weighted by atomic mass is 79.9. The lowest BCUT2D eigenvalue weighted by molar-refractivity contribution is -0.00862. The summed E-state index contributed by atoms with van der Waals surface area (Å²) in [4.78, 5) is 7.00. The van der Waals surface area contributed by atoms with Gasteiger partial charge >= 0.3 is 0 Å². The minimum Gasteiger partial charge on any atom is -0.384 e. The highest BCUT2D eigenvalue weighted by Crippen LogP contribution is 2.42. The summed E-state index contributed by atoms with van der Waals surface area (Å²) in [5.74, 6) is -0.722. The Morgan fingerprint density at radius 1 is 0.970 bits per heavy atom. The molecule has 0 saturated carbocycles. The molecular weight excluding hydrogens is 479 g/mol. The molecule has 33 heavy (non-hydrogen) atoms. The summed E-state index contributed by atoms with van der Waals surface area (Å²) in [5, 5.41) is 13.3. The van der Waals surface area contributed by atoms with E-state index in [-0.39, 0.29) is 11.7 Å². The molecule has 4 aromatic rings. The van der Waals surface area contributed by atoms with Crippen LogP contribution in [0.5, 0.6) is 0 Å². The van der Waals surface area contributed by atoms with E-state index in [9.17, 15) is 9.50 Å². The van der Waals surface area contributed by atoms with Crippen LogP contribution in [0, 0.1) is 5.82 Å². The number of halogens is 2. The van der Waals surface area contributed by atoms with Crippen molar-refractivity contribution in [3.63, 3.8) is 0 Å². The van der Waals surface area contributed by atoms with Crippen LogP contribution in [-0.2, 0) is 12.0 Å². The van der Waals surface area contributed by atoms with E-state index >= 15 is 0 Å². The number of nitrogens with zero attached hydrogens (tertiary/aromatic N) is 2. The first-order chi connectivity index (χ1) is 15.8. The summed E-state index contributed by atoms with van der Waals surface area (Å²) in [6, 6.07) is 26.4. The molecular formula is C28H28BrFN2O. The number of hydrogen-bond donors (Lipinski definition) is 1. The first-order valence-electron chi connectivity index (χ1n) is 11.1. The van der Waals surface area contributed by atoms with Crippen molar-refractivity contribution in [1.82, 2.24) is 9.88 Å².